The normalized spacial score (nSPS) is 20.4. The summed E-state index contributed by atoms with van der Waals surface area (Å²) in [7, 11) is -3.70. The van der Waals surface area contributed by atoms with E-state index in [-0.39, 0.29) is 22.1 Å². The molecule has 1 N–H and O–H groups in total. The Kier molecular flexibility index (Phi) is 6.31. The van der Waals surface area contributed by atoms with Crippen molar-refractivity contribution in [3.63, 3.8) is 0 Å². The number of pyridine rings is 1. The summed E-state index contributed by atoms with van der Waals surface area (Å²) < 4.78 is 34.1. The molecule has 1 aromatic carbocycles. The van der Waals surface area contributed by atoms with Crippen molar-refractivity contribution in [3.05, 3.63) is 51.6 Å². The Morgan fingerprint density at radius 2 is 1.78 bits per heavy atom. The fourth-order valence-electron chi connectivity index (χ4n) is 3.11. The summed E-state index contributed by atoms with van der Waals surface area (Å²) in [6.45, 7) is 3.72. The minimum Gasteiger partial charge on any atom is -0.474 e. The van der Waals surface area contributed by atoms with Crippen molar-refractivity contribution >= 4 is 33.2 Å². The molecule has 146 valence electrons. The van der Waals surface area contributed by atoms with Gasteiger partial charge in [-0.1, -0.05) is 29.3 Å². The molecular weight excluding hydrogens is 407 g/mol. The number of halogens is 2. The van der Waals surface area contributed by atoms with Crippen LogP contribution in [-0.2, 0) is 10.0 Å². The predicted octanol–water partition coefficient (Wildman–Crippen LogP) is 4.67. The van der Waals surface area contributed by atoms with Crippen LogP contribution in [0.2, 0.25) is 10.0 Å². The molecule has 0 radical (unpaired) electrons. The second-order valence-corrected chi connectivity index (χ2v) is 9.42. The average molecular weight is 429 g/mol. The maximum atomic E-state index is 12.7. The number of sulfonamides is 1. The molecule has 27 heavy (non-hydrogen) atoms. The second kappa shape index (κ2) is 8.35. The van der Waals surface area contributed by atoms with E-state index in [2.05, 4.69) is 9.71 Å². The van der Waals surface area contributed by atoms with Gasteiger partial charge >= 0.3 is 0 Å². The van der Waals surface area contributed by atoms with Gasteiger partial charge in [0, 0.05) is 23.3 Å². The molecule has 1 fully saturated rings. The highest BCUT2D eigenvalue weighted by molar-refractivity contribution is 7.89. The van der Waals surface area contributed by atoms with Gasteiger partial charge in [0.1, 0.15) is 11.0 Å². The van der Waals surface area contributed by atoms with Crippen molar-refractivity contribution in [1.29, 1.82) is 0 Å². The number of hydrogen-bond acceptors (Lipinski definition) is 4. The Bertz CT molecular complexity index is 909. The number of hydrogen-bond donors (Lipinski definition) is 1. The van der Waals surface area contributed by atoms with Crippen molar-refractivity contribution in [3.8, 4) is 5.88 Å². The van der Waals surface area contributed by atoms with Crippen molar-refractivity contribution < 1.29 is 13.2 Å². The van der Waals surface area contributed by atoms with Crippen LogP contribution in [0.5, 0.6) is 5.88 Å². The first-order valence-electron chi connectivity index (χ1n) is 8.82. The third-order valence-electron chi connectivity index (χ3n) is 4.67. The molecule has 0 atom stereocenters. The van der Waals surface area contributed by atoms with Gasteiger partial charge in [0.25, 0.3) is 0 Å². The van der Waals surface area contributed by atoms with Crippen molar-refractivity contribution in [2.24, 2.45) is 0 Å². The topological polar surface area (TPSA) is 68.3 Å². The highest BCUT2D eigenvalue weighted by Crippen LogP contribution is 2.30. The highest BCUT2D eigenvalue weighted by Gasteiger charge is 2.28. The average Bonchev–Trinajstić information content (AvgIpc) is 2.61. The van der Waals surface area contributed by atoms with Crippen LogP contribution in [0.25, 0.3) is 0 Å². The van der Waals surface area contributed by atoms with Crippen LogP contribution in [0.15, 0.2) is 35.4 Å². The Morgan fingerprint density at radius 1 is 1.07 bits per heavy atom. The van der Waals surface area contributed by atoms with Gasteiger partial charge in [-0.25, -0.2) is 18.1 Å². The first-order chi connectivity index (χ1) is 12.7. The van der Waals surface area contributed by atoms with Crippen LogP contribution in [0.4, 0.5) is 0 Å². The molecule has 0 unspecified atom stereocenters. The Labute approximate surface area is 170 Å². The molecule has 1 aliphatic rings. The van der Waals surface area contributed by atoms with E-state index in [1.807, 2.05) is 19.1 Å². The molecule has 1 heterocycles. The molecule has 0 amide bonds. The van der Waals surface area contributed by atoms with E-state index >= 15 is 0 Å². The van der Waals surface area contributed by atoms with Crippen molar-refractivity contribution in [2.75, 3.05) is 0 Å². The zero-order valence-corrected chi connectivity index (χ0v) is 17.5. The molecule has 1 aliphatic carbocycles. The molecule has 2 aromatic rings. The zero-order chi connectivity index (χ0) is 19.6. The maximum absolute atomic E-state index is 12.7. The number of aromatic nitrogens is 1. The quantitative estimate of drug-likeness (QED) is 0.750. The standard InChI is InChI=1S/C19H22Cl2N2O3S/c1-12-3-8-19(22-11-12)26-15-6-4-14(5-7-15)23-27(24,25)18-9-13(2)16(20)10-17(18)21/h3,8-11,14-15,23H,4-7H2,1-2H3. The molecule has 8 heteroatoms. The van der Waals surface area contributed by atoms with E-state index in [1.165, 1.54) is 12.1 Å². The summed E-state index contributed by atoms with van der Waals surface area (Å²) in [5, 5.41) is 0.571. The van der Waals surface area contributed by atoms with Gasteiger partial charge in [-0.05, 0) is 62.8 Å². The lowest BCUT2D eigenvalue weighted by molar-refractivity contribution is 0.138. The van der Waals surface area contributed by atoms with Crippen molar-refractivity contribution in [1.82, 2.24) is 9.71 Å². The largest absolute Gasteiger partial charge is 0.474 e. The molecule has 3 rings (SSSR count). The smallest absolute Gasteiger partial charge is 0.242 e. The molecule has 5 nitrogen and oxygen atoms in total. The summed E-state index contributed by atoms with van der Waals surface area (Å²) in [5.41, 5.74) is 1.75. The number of ether oxygens (including phenoxy) is 1. The van der Waals surface area contributed by atoms with Crippen molar-refractivity contribution in [2.45, 2.75) is 56.6 Å². The summed E-state index contributed by atoms with van der Waals surface area (Å²) in [6.07, 6.45) is 4.72. The van der Waals surface area contributed by atoms with Gasteiger partial charge in [-0.2, -0.15) is 0 Å². The van der Waals surface area contributed by atoms with E-state index in [0.29, 0.717) is 29.3 Å². The zero-order valence-electron chi connectivity index (χ0n) is 15.2. The van der Waals surface area contributed by atoms with E-state index in [1.54, 1.807) is 13.1 Å². The van der Waals surface area contributed by atoms with Gasteiger partial charge in [0.2, 0.25) is 15.9 Å². The minimum atomic E-state index is -3.70. The van der Waals surface area contributed by atoms with Crippen LogP contribution < -0.4 is 9.46 Å². The summed E-state index contributed by atoms with van der Waals surface area (Å²) >= 11 is 12.1. The molecule has 0 saturated heterocycles. The first-order valence-corrected chi connectivity index (χ1v) is 11.1. The van der Waals surface area contributed by atoms with Gasteiger partial charge < -0.3 is 4.74 Å². The maximum Gasteiger partial charge on any atom is 0.242 e. The molecule has 0 bridgehead atoms. The summed E-state index contributed by atoms with van der Waals surface area (Å²) in [6, 6.07) is 6.64. The molecule has 0 spiro atoms. The van der Waals surface area contributed by atoms with Gasteiger partial charge in [0.15, 0.2) is 0 Å². The number of benzene rings is 1. The Balaban J connectivity index is 1.60. The van der Waals surface area contributed by atoms with Crippen LogP contribution in [0.1, 0.15) is 36.8 Å². The van der Waals surface area contributed by atoms with Gasteiger partial charge in [-0.3, -0.25) is 0 Å². The lowest BCUT2D eigenvalue weighted by Gasteiger charge is -2.29. The molecule has 1 aromatic heterocycles. The predicted molar refractivity (Wildman–Crippen MR) is 107 cm³/mol. The Hall–Kier alpha value is -1.34. The van der Waals surface area contributed by atoms with E-state index in [0.717, 1.165) is 18.4 Å². The van der Waals surface area contributed by atoms with Gasteiger partial charge in [0.05, 0.1) is 5.02 Å². The molecule has 1 saturated carbocycles. The van der Waals surface area contributed by atoms with Crippen LogP contribution >= 0.6 is 23.2 Å². The third-order valence-corrected chi connectivity index (χ3v) is 7.06. The SMILES string of the molecule is Cc1ccc(OC2CCC(NS(=O)(=O)c3cc(C)c(Cl)cc3Cl)CC2)nc1. The van der Waals surface area contributed by atoms with E-state index in [4.69, 9.17) is 27.9 Å². The van der Waals surface area contributed by atoms with E-state index in [9.17, 15) is 8.42 Å². The number of aryl methyl sites for hydroxylation is 2. The van der Waals surface area contributed by atoms with Crippen LogP contribution in [0.3, 0.4) is 0 Å². The number of nitrogens with zero attached hydrogens (tertiary/aromatic N) is 1. The van der Waals surface area contributed by atoms with Crippen LogP contribution in [0, 0.1) is 13.8 Å². The molecular formula is C19H22Cl2N2O3S. The lowest BCUT2D eigenvalue weighted by atomic mass is 9.94. The van der Waals surface area contributed by atoms with Crippen LogP contribution in [-0.4, -0.2) is 25.5 Å². The lowest BCUT2D eigenvalue weighted by Crippen LogP contribution is -2.39. The summed E-state index contributed by atoms with van der Waals surface area (Å²) in [5.74, 6) is 0.605. The monoisotopic (exact) mass is 428 g/mol. The first kappa shape index (κ1) is 20.4. The fourth-order valence-corrected chi connectivity index (χ4v) is 5.25. The van der Waals surface area contributed by atoms with Gasteiger partial charge in [-0.15, -0.1) is 0 Å². The Morgan fingerprint density at radius 3 is 2.41 bits per heavy atom. The minimum absolute atomic E-state index is 0.0438. The number of rotatable bonds is 5. The number of nitrogens with one attached hydrogen (secondary N) is 1. The molecule has 0 aliphatic heterocycles. The fraction of sp³-hybridized carbons (Fsp3) is 0.421. The summed E-state index contributed by atoms with van der Waals surface area (Å²) in [4.78, 5) is 4.32. The third kappa shape index (κ3) is 5.13. The second-order valence-electron chi connectivity index (χ2n) is 6.92. The highest BCUT2D eigenvalue weighted by atomic mass is 35.5. The van der Waals surface area contributed by atoms with E-state index < -0.39 is 10.0 Å².